The molecular weight excluding hydrogens is 418 g/mol. The van der Waals surface area contributed by atoms with Crippen LogP contribution in [0.1, 0.15) is 56.6 Å². The molecule has 0 amide bonds. The summed E-state index contributed by atoms with van der Waals surface area (Å²) in [5, 5.41) is 0. The van der Waals surface area contributed by atoms with Crippen LogP contribution in [0.3, 0.4) is 0 Å². The Morgan fingerprint density at radius 3 is 2.35 bits per heavy atom. The van der Waals surface area contributed by atoms with Crippen molar-refractivity contribution < 1.29 is 31.1 Å². The molecule has 0 bridgehead atoms. The Balaban J connectivity index is 1.79. The van der Waals surface area contributed by atoms with Gasteiger partial charge in [0, 0.05) is 0 Å². The highest BCUT2D eigenvalue weighted by Crippen LogP contribution is 2.36. The maximum Gasteiger partial charge on any atom is 0.573 e. The molecular formula is C24H24F6O. The molecule has 2 aromatic rings. The van der Waals surface area contributed by atoms with Gasteiger partial charge in [0.15, 0.2) is 11.6 Å². The SMILES string of the molecule is CCCCCCCC1=CCc2c(cc(F)c(-c3ccc(OC(F)(F)F)c(F)c3)c2F)C1. The second kappa shape index (κ2) is 9.79. The van der Waals surface area contributed by atoms with Gasteiger partial charge in [-0.2, -0.15) is 0 Å². The molecule has 1 aliphatic rings. The van der Waals surface area contributed by atoms with E-state index in [-0.39, 0.29) is 5.56 Å². The third-order valence-electron chi connectivity index (χ3n) is 5.47. The Hall–Kier alpha value is -2.44. The topological polar surface area (TPSA) is 9.23 Å². The number of fused-ring (bicyclic) bond motifs is 1. The van der Waals surface area contributed by atoms with Gasteiger partial charge in [0.25, 0.3) is 0 Å². The van der Waals surface area contributed by atoms with Crippen LogP contribution in [0.5, 0.6) is 5.75 Å². The number of unbranched alkanes of at least 4 members (excludes halogenated alkanes) is 4. The lowest BCUT2D eigenvalue weighted by molar-refractivity contribution is -0.275. The maximum atomic E-state index is 15.1. The van der Waals surface area contributed by atoms with Crippen molar-refractivity contribution in [3.05, 3.63) is 64.5 Å². The van der Waals surface area contributed by atoms with E-state index >= 15 is 4.39 Å². The zero-order valence-corrected chi connectivity index (χ0v) is 17.2. The van der Waals surface area contributed by atoms with E-state index in [0.29, 0.717) is 36.1 Å². The van der Waals surface area contributed by atoms with E-state index in [1.165, 1.54) is 25.3 Å². The van der Waals surface area contributed by atoms with Gasteiger partial charge in [-0.15, -0.1) is 13.2 Å². The van der Waals surface area contributed by atoms with Gasteiger partial charge >= 0.3 is 6.36 Å². The van der Waals surface area contributed by atoms with Gasteiger partial charge in [-0.25, -0.2) is 13.2 Å². The van der Waals surface area contributed by atoms with Crippen molar-refractivity contribution in [3.8, 4) is 16.9 Å². The average molecular weight is 442 g/mol. The largest absolute Gasteiger partial charge is 0.573 e. The third-order valence-corrected chi connectivity index (χ3v) is 5.47. The van der Waals surface area contributed by atoms with Crippen molar-refractivity contribution in [2.75, 3.05) is 0 Å². The Labute approximate surface area is 177 Å². The van der Waals surface area contributed by atoms with Crippen molar-refractivity contribution in [3.63, 3.8) is 0 Å². The van der Waals surface area contributed by atoms with Crippen LogP contribution in [0.2, 0.25) is 0 Å². The molecule has 0 saturated heterocycles. The van der Waals surface area contributed by atoms with Crippen molar-refractivity contribution in [1.29, 1.82) is 0 Å². The molecule has 3 rings (SSSR count). The van der Waals surface area contributed by atoms with E-state index < -0.39 is 35.1 Å². The average Bonchev–Trinajstić information content (AvgIpc) is 2.68. The first-order valence-corrected chi connectivity index (χ1v) is 10.4. The molecule has 7 heteroatoms. The highest BCUT2D eigenvalue weighted by Gasteiger charge is 2.32. The Morgan fingerprint density at radius 1 is 0.935 bits per heavy atom. The molecule has 0 heterocycles. The van der Waals surface area contributed by atoms with Crippen molar-refractivity contribution >= 4 is 0 Å². The molecule has 0 saturated carbocycles. The summed E-state index contributed by atoms with van der Waals surface area (Å²) >= 11 is 0. The quantitative estimate of drug-likeness (QED) is 0.228. The zero-order valence-electron chi connectivity index (χ0n) is 17.2. The lowest BCUT2D eigenvalue weighted by atomic mass is 9.86. The smallest absolute Gasteiger partial charge is 0.403 e. The first-order chi connectivity index (χ1) is 14.7. The molecule has 0 unspecified atom stereocenters. The highest BCUT2D eigenvalue weighted by molar-refractivity contribution is 5.68. The fourth-order valence-corrected chi connectivity index (χ4v) is 3.93. The molecule has 1 nitrogen and oxygen atoms in total. The first-order valence-electron chi connectivity index (χ1n) is 10.4. The molecule has 0 radical (unpaired) electrons. The minimum Gasteiger partial charge on any atom is -0.403 e. The van der Waals surface area contributed by atoms with Crippen molar-refractivity contribution in [2.45, 2.75) is 64.7 Å². The van der Waals surface area contributed by atoms with Crippen LogP contribution in [0.4, 0.5) is 26.3 Å². The van der Waals surface area contributed by atoms with Crippen LogP contribution in [0.15, 0.2) is 35.9 Å². The summed E-state index contributed by atoms with van der Waals surface area (Å²) in [5.74, 6) is -4.08. The lowest BCUT2D eigenvalue weighted by Gasteiger charge is -2.20. The Kier molecular flexibility index (Phi) is 7.34. The number of benzene rings is 2. The van der Waals surface area contributed by atoms with Crippen molar-refractivity contribution in [1.82, 2.24) is 0 Å². The predicted octanol–water partition coefficient (Wildman–Crippen LogP) is 8.06. The summed E-state index contributed by atoms with van der Waals surface area (Å²) in [7, 11) is 0. The molecule has 0 atom stereocenters. The minimum absolute atomic E-state index is 0.185. The van der Waals surface area contributed by atoms with Gasteiger partial charge < -0.3 is 4.74 Å². The van der Waals surface area contributed by atoms with Crippen LogP contribution in [0.25, 0.3) is 11.1 Å². The van der Waals surface area contributed by atoms with Gasteiger partial charge in [0.1, 0.15) is 11.6 Å². The highest BCUT2D eigenvalue weighted by atomic mass is 19.4. The van der Waals surface area contributed by atoms with E-state index in [4.69, 9.17) is 0 Å². The molecule has 168 valence electrons. The minimum atomic E-state index is -5.06. The number of hydrogen-bond donors (Lipinski definition) is 0. The van der Waals surface area contributed by atoms with Crippen LogP contribution in [-0.4, -0.2) is 6.36 Å². The summed E-state index contributed by atoms with van der Waals surface area (Å²) in [6, 6.07) is 3.62. The number of allylic oxidation sites excluding steroid dienone is 2. The fraction of sp³-hybridized carbons (Fsp3) is 0.417. The molecule has 1 aliphatic carbocycles. The summed E-state index contributed by atoms with van der Waals surface area (Å²) < 4.78 is 84.4. The second-order valence-corrected chi connectivity index (χ2v) is 7.79. The molecule has 0 aromatic heterocycles. The van der Waals surface area contributed by atoms with Crippen LogP contribution < -0.4 is 4.74 Å². The summed E-state index contributed by atoms with van der Waals surface area (Å²) in [6.07, 6.45) is 4.24. The first kappa shape index (κ1) is 23.2. The van der Waals surface area contributed by atoms with Crippen molar-refractivity contribution in [2.24, 2.45) is 0 Å². The number of ether oxygens (including phenoxy) is 1. The van der Waals surface area contributed by atoms with E-state index in [1.54, 1.807) is 0 Å². The lowest BCUT2D eigenvalue weighted by Crippen LogP contribution is -2.18. The zero-order chi connectivity index (χ0) is 22.6. The standard InChI is InChI=1S/C24H24F6O/c1-2-3-4-5-6-7-15-8-10-18-17(12-15)14-20(26)22(23(18)27)16-9-11-21(19(25)13-16)31-24(28,29)30/h8-9,11,13-14H,2-7,10,12H2,1H3. The normalized spacial score (nSPS) is 13.7. The predicted molar refractivity (Wildman–Crippen MR) is 107 cm³/mol. The molecule has 0 N–H and O–H groups in total. The van der Waals surface area contributed by atoms with E-state index in [1.807, 2.05) is 6.08 Å². The van der Waals surface area contributed by atoms with Gasteiger partial charge in [-0.05, 0) is 60.6 Å². The number of hydrogen-bond acceptors (Lipinski definition) is 1. The van der Waals surface area contributed by atoms with Gasteiger partial charge in [-0.3, -0.25) is 0 Å². The van der Waals surface area contributed by atoms with Crippen LogP contribution >= 0.6 is 0 Å². The Bertz CT molecular complexity index is 962. The molecule has 0 fully saturated rings. The molecule has 31 heavy (non-hydrogen) atoms. The van der Waals surface area contributed by atoms with Crippen LogP contribution in [0, 0.1) is 17.5 Å². The molecule has 2 aromatic carbocycles. The number of halogens is 6. The van der Waals surface area contributed by atoms with E-state index in [0.717, 1.165) is 30.9 Å². The molecule has 0 spiro atoms. The Morgan fingerprint density at radius 2 is 1.68 bits per heavy atom. The number of rotatable bonds is 8. The van der Waals surface area contributed by atoms with Gasteiger partial charge in [0.2, 0.25) is 0 Å². The maximum absolute atomic E-state index is 15.1. The third kappa shape index (κ3) is 5.83. The molecule has 0 aliphatic heterocycles. The summed E-state index contributed by atoms with van der Waals surface area (Å²) in [4.78, 5) is 0. The monoisotopic (exact) mass is 442 g/mol. The summed E-state index contributed by atoms with van der Waals surface area (Å²) in [6.45, 7) is 2.15. The second-order valence-electron chi connectivity index (χ2n) is 7.79. The van der Waals surface area contributed by atoms with E-state index in [2.05, 4.69) is 11.7 Å². The summed E-state index contributed by atoms with van der Waals surface area (Å²) in [5.41, 5.74) is 1.41. The number of alkyl halides is 3. The van der Waals surface area contributed by atoms with Crippen LogP contribution in [-0.2, 0) is 12.8 Å². The van der Waals surface area contributed by atoms with Gasteiger partial charge in [-0.1, -0.05) is 50.3 Å². The fourth-order valence-electron chi connectivity index (χ4n) is 3.93. The van der Waals surface area contributed by atoms with E-state index in [9.17, 15) is 22.0 Å². The van der Waals surface area contributed by atoms with Gasteiger partial charge in [0.05, 0.1) is 5.56 Å².